The molecule has 0 aromatic rings. The standard InChI is InChI=1S/C13H19N/c1-10-7-8-11(2)13(3,4)12(10)6-5-9-14/h5-6,11-12H,1,7-8H2,2-4H3/t11-,12?/m1/s1. The smallest absolute Gasteiger partial charge is 0.0908 e. The largest absolute Gasteiger partial charge is 0.193 e. The van der Waals surface area contributed by atoms with E-state index in [9.17, 15) is 0 Å². The molecule has 0 heterocycles. The lowest BCUT2D eigenvalue weighted by Crippen LogP contribution is -2.35. The maximum atomic E-state index is 8.55. The van der Waals surface area contributed by atoms with E-state index < -0.39 is 0 Å². The Morgan fingerprint density at radius 3 is 2.79 bits per heavy atom. The van der Waals surface area contributed by atoms with Gasteiger partial charge >= 0.3 is 0 Å². The van der Waals surface area contributed by atoms with E-state index >= 15 is 0 Å². The molecule has 1 rings (SSSR count). The molecule has 1 fully saturated rings. The second kappa shape index (κ2) is 4.00. The van der Waals surface area contributed by atoms with Gasteiger partial charge in [-0.05, 0) is 24.2 Å². The van der Waals surface area contributed by atoms with Crippen LogP contribution in [-0.2, 0) is 0 Å². The Morgan fingerprint density at radius 2 is 2.21 bits per heavy atom. The van der Waals surface area contributed by atoms with Crippen molar-refractivity contribution in [2.75, 3.05) is 0 Å². The Morgan fingerprint density at radius 1 is 1.57 bits per heavy atom. The Kier molecular flexibility index (Phi) is 3.16. The maximum absolute atomic E-state index is 8.55. The van der Waals surface area contributed by atoms with Crippen molar-refractivity contribution in [3.63, 3.8) is 0 Å². The lowest BCUT2D eigenvalue weighted by Gasteiger charge is -2.43. The first-order chi connectivity index (χ1) is 6.50. The number of rotatable bonds is 1. The van der Waals surface area contributed by atoms with E-state index in [-0.39, 0.29) is 5.41 Å². The van der Waals surface area contributed by atoms with Crippen LogP contribution in [0.3, 0.4) is 0 Å². The van der Waals surface area contributed by atoms with Gasteiger partial charge in [-0.3, -0.25) is 0 Å². The third-order valence-electron chi connectivity index (χ3n) is 3.77. The zero-order chi connectivity index (χ0) is 10.8. The Balaban J connectivity index is 2.92. The molecule has 1 aliphatic carbocycles. The lowest BCUT2D eigenvalue weighted by atomic mass is 9.61. The molecule has 1 saturated carbocycles. The normalized spacial score (nSPS) is 31.7. The van der Waals surface area contributed by atoms with Gasteiger partial charge in [-0.15, -0.1) is 0 Å². The quantitative estimate of drug-likeness (QED) is 0.456. The summed E-state index contributed by atoms with van der Waals surface area (Å²) in [6.45, 7) is 11.0. The summed E-state index contributed by atoms with van der Waals surface area (Å²) in [5.74, 6) is 1.06. The molecule has 0 spiro atoms. The van der Waals surface area contributed by atoms with Crippen molar-refractivity contribution in [3.8, 4) is 6.07 Å². The number of nitriles is 1. The predicted molar refractivity (Wildman–Crippen MR) is 59.6 cm³/mol. The number of hydrogen-bond donors (Lipinski definition) is 0. The molecule has 0 aromatic heterocycles. The summed E-state index contributed by atoms with van der Waals surface area (Å²) in [5.41, 5.74) is 1.52. The summed E-state index contributed by atoms with van der Waals surface area (Å²) in [5, 5.41) is 8.55. The maximum Gasteiger partial charge on any atom is 0.0908 e. The van der Waals surface area contributed by atoms with Crippen molar-refractivity contribution in [2.45, 2.75) is 33.6 Å². The van der Waals surface area contributed by atoms with Crippen molar-refractivity contribution in [1.82, 2.24) is 0 Å². The highest BCUT2D eigenvalue weighted by molar-refractivity contribution is 5.20. The predicted octanol–water partition coefficient (Wildman–Crippen LogP) is 3.69. The number of nitrogens with zero attached hydrogens (tertiary/aromatic N) is 1. The topological polar surface area (TPSA) is 23.8 Å². The molecule has 0 radical (unpaired) electrons. The first-order valence-electron chi connectivity index (χ1n) is 5.24. The molecule has 76 valence electrons. The van der Waals surface area contributed by atoms with Gasteiger partial charge in [0.2, 0.25) is 0 Å². The lowest BCUT2D eigenvalue weighted by molar-refractivity contribution is 0.141. The fraction of sp³-hybridized carbons (Fsp3) is 0.615. The van der Waals surface area contributed by atoms with Crippen molar-refractivity contribution >= 4 is 0 Å². The molecule has 0 aromatic carbocycles. The van der Waals surface area contributed by atoms with E-state index in [1.54, 1.807) is 6.08 Å². The van der Waals surface area contributed by atoms with Crippen LogP contribution in [0.4, 0.5) is 0 Å². The van der Waals surface area contributed by atoms with Crippen LogP contribution in [-0.4, -0.2) is 0 Å². The van der Waals surface area contributed by atoms with E-state index in [1.165, 1.54) is 12.0 Å². The summed E-state index contributed by atoms with van der Waals surface area (Å²) in [6, 6.07) is 2.07. The van der Waals surface area contributed by atoms with Gasteiger partial charge in [0.25, 0.3) is 0 Å². The molecule has 1 unspecified atom stereocenters. The summed E-state index contributed by atoms with van der Waals surface area (Å²) >= 11 is 0. The molecular formula is C13H19N. The van der Waals surface area contributed by atoms with Gasteiger partial charge in [0.1, 0.15) is 0 Å². The third kappa shape index (κ3) is 1.90. The van der Waals surface area contributed by atoms with E-state index in [0.717, 1.165) is 6.42 Å². The second-order valence-electron chi connectivity index (χ2n) is 4.89. The van der Waals surface area contributed by atoms with Crippen LogP contribution in [0.1, 0.15) is 33.6 Å². The zero-order valence-corrected chi connectivity index (χ0v) is 9.38. The molecule has 0 saturated heterocycles. The molecule has 0 amide bonds. The van der Waals surface area contributed by atoms with Gasteiger partial charge < -0.3 is 0 Å². The Hall–Kier alpha value is -1.03. The van der Waals surface area contributed by atoms with Crippen molar-refractivity contribution in [2.24, 2.45) is 17.3 Å². The number of hydrogen-bond acceptors (Lipinski definition) is 1. The van der Waals surface area contributed by atoms with Gasteiger partial charge in [0.05, 0.1) is 6.07 Å². The van der Waals surface area contributed by atoms with Crippen LogP contribution in [0.15, 0.2) is 24.3 Å². The van der Waals surface area contributed by atoms with E-state index in [2.05, 4.69) is 33.4 Å². The van der Waals surface area contributed by atoms with Crippen LogP contribution < -0.4 is 0 Å². The SMILES string of the molecule is C=C1CC[C@@H](C)C(C)(C)C1C=CC#N. The van der Waals surface area contributed by atoms with Crippen molar-refractivity contribution in [3.05, 3.63) is 24.3 Å². The van der Waals surface area contributed by atoms with Crippen LogP contribution in [0.25, 0.3) is 0 Å². The van der Waals surface area contributed by atoms with Crippen LogP contribution in [0.5, 0.6) is 0 Å². The third-order valence-corrected chi connectivity index (χ3v) is 3.77. The summed E-state index contributed by atoms with van der Waals surface area (Å²) in [6.07, 6.45) is 5.93. The van der Waals surface area contributed by atoms with Gasteiger partial charge in [0, 0.05) is 12.0 Å². The van der Waals surface area contributed by atoms with Crippen molar-refractivity contribution < 1.29 is 0 Å². The zero-order valence-electron chi connectivity index (χ0n) is 9.38. The van der Waals surface area contributed by atoms with Gasteiger partial charge in [-0.25, -0.2) is 0 Å². The van der Waals surface area contributed by atoms with Gasteiger partial charge in [-0.1, -0.05) is 39.0 Å². The molecule has 2 atom stereocenters. The first-order valence-corrected chi connectivity index (χ1v) is 5.24. The van der Waals surface area contributed by atoms with Gasteiger partial charge in [0.15, 0.2) is 0 Å². The molecular weight excluding hydrogens is 170 g/mol. The fourth-order valence-corrected chi connectivity index (χ4v) is 2.29. The summed E-state index contributed by atoms with van der Waals surface area (Å²) in [7, 11) is 0. The Labute approximate surface area is 87.1 Å². The second-order valence-corrected chi connectivity index (χ2v) is 4.89. The van der Waals surface area contributed by atoms with Crippen LogP contribution in [0.2, 0.25) is 0 Å². The molecule has 14 heavy (non-hydrogen) atoms. The number of allylic oxidation sites excluding steroid dienone is 3. The molecule has 0 bridgehead atoms. The van der Waals surface area contributed by atoms with E-state index in [0.29, 0.717) is 11.8 Å². The first kappa shape index (κ1) is 11.0. The fourth-order valence-electron chi connectivity index (χ4n) is 2.29. The van der Waals surface area contributed by atoms with E-state index in [1.807, 2.05) is 6.08 Å². The minimum absolute atomic E-state index is 0.239. The summed E-state index contributed by atoms with van der Waals surface area (Å²) < 4.78 is 0. The average Bonchev–Trinajstić information content (AvgIpc) is 2.12. The van der Waals surface area contributed by atoms with Crippen LogP contribution >= 0.6 is 0 Å². The van der Waals surface area contributed by atoms with E-state index in [4.69, 9.17) is 5.26 Å². The monoisotopic (exact) mass is 189 g/mol. The molecule has 1 aliphatic rings. The average molecular weight is 189 g/mol. The summed E-state index contributed by atoms with van der Waals surface area (Å²) in [4.78, 5) is 0. The highest BCUT2D eigenvalue weighted by Gasteiger charge is 2.38. The molecule has 1 nitrogen and oxygen atoms in total. The minimum atomic E-state index is 0.239. The molecule has 0 N–H and O–H groups in total. The highest BCUT2D eigenvalue weighted by Crippen LogP contribution is 2.47. The van der Waals surface area contributed by atoms with Crippen molar-refractivity contribution in [1.29, 1.82) is 5.26 Å². The molecule has 1 heteroatoms. The highest BCUT2D eigenvalue weighted by atomic mass is 14.4. The minimum Gasteiger partial charge on any atom is -0.193 e. The Bertz CT molecular complexity index is 291. The molecule has 0 aliphatic heterocycles. The van der Waals surface area contributed by atoms with Crippen LogP contribution in [0, 0.1) is 28.6 Å². The van der Waals surface area contributed by atoms with Gasteiger partial charge in [-0.2, -0.15) is 5.26 Å².